The van der Waals surface area contributed by atoms with Crippen molar-refractivity contribution in [1.82, 2.24) is 19.7 Å². The van der Waals surface area contributed by atoms with Crippen molar-refractivity contribution < 1.29 is 14.7 Å². The zero-order valence-corrected chi connectivity index (χ0v) is 13.7. The van der Waals surface area contributed by atoms with Gasteiger partial charge in [-0.05, 0) is 19.1 Å². The molecule has 0 radical (unpaired) electrons. The van der Waals surface area contributed by atoms with Crippen LogP contribution in [0.1, 0.15) is 6.92 Å². The summed E-state index contributed by atoms with van der Waals surface area (Å²) in [6.45, 7) is 2.67. The molecule has 1 aliphatic heterocycles. The van der Waals surface area contributed by atoms with Gasteiger partial charge in [-0.2, -0.15) is 5.10 Å². The van der Waals surface area contributed by atoms with Crippen LogP contribution in [-0.4, -0.2) is 56.4 Å². The van der Waals surface area contributed by atoms with Gasteiger partial charge in [0.2, 0.25) is 5.91 Å². The Morgan fingerprint density at radius 2 is 2.21 bits per heavy atom. The van der Waals surface area contributed by atoms with Crippen molar-refractivity contribution in [3.8, 4) is 5.69 Å². The number of pyridine rings is 1. The maximum absolute atomic E-state index is 12.6. The zero-order chi connectivity index (χ0) is 17.3. The topological polar surface area (TPSA) is 91.6 Å². The Balaban J connectivity index is 1.80. The lowest BCUT2D eigenvalue weighted by Crippen LogP contribution is -2.56. The standard InChI is InChI=1S/C15H16ClN5O3/c1-2-20(14(22)10-7-19(8-10)15(23)24)12-9-21(18-13(12)16)11-4-3-5-17-6-11/h3-6,9-10H,2,7-8H2,1H3,(H,23,24). The number of anilines is 1. The molecule has 0 aliphatic carbocycles. The van der Waals surface area contributed by atoms with Gasteiger partial charge in [-0.25, -0.2) is 9.48 Å². The number of aromatic nitrogens is 3. The van der Waals surface area contributed by atoms with E-state index in [1.807, 2.05) is 13.0 Å². The van der Waals surface area contributed by atoms with Crippen LogP contribution in [0, 0.1) is 5.92 Å². The Morgan fingerprint density at radius 3 is 2.79 bits per heavy atom. The molecule has 0 unspecified atom stereocenters. The summed E-state index contributed by atoms with van der Waals surface area (Å²) in [6.07, 6.45) is 3.96. The van der Waals surface area contributed by atoms with Crippen LogP contribution in [-0.2, 0) is 4.79 Å². The largest absolute Gasteiger partial charge is 0.465 e. The molecule has 2 amide bonds. The Kier molecular flexibility index (Phi) is 4.39. The van der Waals surface area contributed by atoms with Crippen molar-refractivity contribution in [2.45, 2.75) is 6.92 Å². The van der Waals surface area contributed by atoms with Crippen LogP contribution < -0.4 is 4.90 Å². The van der Waals surface area contributed by atoms with Gasteiger partial charge in [-0.3, -0.25) is 9.78 Å². The summed E-state index contributed by atoms with van der Waals surface area (Å²) in [4.78, 5) is 30.2. The second-order valence-corrected chi connectivity index (χ2v) is 5.79. The summed E-state index contributed by atoms with van der Waals surface area (Å²) >= 11 is 6.21. The summed E-state index contributed by atoms with van der Waals surface area (Å²) in [7, 11) is 0. The molecule has 0 atom stereocenters. The molecule has 0 saturated carbocycles. The van der Waals surface area contributed by atoms with Gasteiger partial charge >= 0.3 is 6.09 Å². The molecule has 24 heavy (non-hydrogen) atoms. The van der Waals surface area contributed by atoms with E-state index >= 15 is 0 Å². The molecule has 2 aromatic heterocycles. The predicted molar refractivity (Wildman–Crippen MR) is 87.5 cm³/mol. The minimum Gasteiger partial charge on any atom is -0.465 e. The molecular formula is C15H16ClN5O3. The van der Waals surface area contributed by atoms with E-state index in [9.17, 15) is 9.59 Å². The average Bonchev–Trinajstić information content (AvgIpc) is 2.89. The summed E-state index contributed by atoms with van der Waals surface area (Å²) in [5.74, 6) is -0.499. The first kappa shape index (κ1) is 16.3. The molecule has 3 rings (SSSR count). The maximum atomic E-state index is 12.6. The van der Waals surface area contributed by atoms with E-state index in [1.165, 1.54) is 9.80 Å². The lowest BCUT2D eigenvalue weighted by molar-refractivity contribution is -0.126. The molecule has 1 aliphatic rings. The number of rotatable bonds is 4. The number of likely N-dealkylation sites (tertiary alicyclic amines) is 1. The number of halogens is 1. The smallest absolute Gasteiger partial charge is 0.407 e. The molecule has 2 aromatic rings. The minimum absolute atomic E-state index is 0.150. The first-order valence-corrected chi connectivity index (χ1v) is 7.84. The van der Waals surface area contributed by atoms with Crippen molar-refractivity contribution in [2.75, 3.05) is 24.5 Å². The molecular weight excluding hydrogens is 334 g/mol. The first-order chi connectivity index (χ1) is 11.5. The Morgan fingerprint density at radius 1 is 1.46 bits per heavy atom. The van der Waals surface area contributed by atoms with Crippen LogP contribution in [0.25, 0.3) is 5.69 Å². The molecule has 9 heteroatoms. The van der Waals surface area contributed by atoms with Crippen LogP contribution in [0.15, 0.2) is 30.7 Å². The van der Waals surface area contributed by atoms with Gasteiger partial charge in [0.15, 0.2) is 5.15 Å². The molecule has 0 spiro atoms. The van der Waals surface area contributed by atoms with Crippen LogP contribution >= 0.6 is 11.6 Å². The fourth-order valence-electron chi connectivity index (χ4n) is 2.60. The van der Waals surface area contributed by atoms with E-state index in [4.69, 9.17) is 16.7 Å². The number of hydrogen-bond donors (Lipinski definition) is 1. The molecule has 1 fully saturated rings. The van der Waals surface area contributed by atoms with Gasteiger partial charge in [0.05, 0.1) is 24.0 Å². The molecule has 3 heterocycles. The number of carboxylic acid groups (broad SMARTS) is 1. The van der Waals surface area contributed by atoms with Crippen LogP contribution in [0.3, 0.4) is 0 Å². The number of nitrogens with zero attached hydrogens (tertiary/aromatic N) is 5. The monoisotopic (exact) mass is 349 g/mol. The lowest BCUT2D eigenvalue weighted by Gasteiger charge is -2.38. The second kappa shape index (κ2) is 6.48. The normalized spacial score (nSPS) is 14.3. The summed E-state index contributed by atoms with van der Waals surface area (Å²) in [5, 5.41) is 13.3. The zero-order valence-electron chi connectivity index (χ0n) is 13.0. The van der Waals surface area contributed by atoms with E-state index in [2.05, 4.69) is 10.1 Å². The van der Waals surface area contributed by atoms with Gasteiger partial charge in [-0.15, -0.1) is 0 Å². The molecule has 126 valence electrons. The van der Waals surface area contributed by atoms with E-state index in [0.717, 1.165) is 5.69 Å². The summed E-state index contributed by atoms with van der Waals surface area (Å²) in [5.41, 5.74) is 1.23. The van der Waals surface area contributed by atoms with E-state index < -0.39 is 6.09 Å². The lowest BCUT2D eigenvalue weighted by atomic mass is 9.99. The summed E-state index contributed by atoms with van der Waals surface area (Å²) in [6, 6.07) is 3.61. The Hall–Kier alpha value is -2.61. The van der Waals surface area contributed by atoms with E-state index in [0.29, 0.717) is 12.2 Å². The predicted octanol–water partition coefficient (Wildman–Crippen LogP) is 1.88. The highest BCUT2D eigenvalue weighted by atomic mass is 35.5. The number of amides is 2. The molecule has 8 nitrogen and oxygen atoms in total. The highest BCUT2D eigenvalue weighted by Gasteiger charge is 2.38. The van der Waals surface area contributed by atoms with Crippen LogP contribution in [0.5, 0.6) is 0 Å². The highest BCUT2D eigenvalue weighted by molar-refractivity contribution is 6.32. The van der Waals surface area contributed by atoms with Crippen LogP contribution in [0.2, 0.25) is 5.15 Å². The maximum Gasteiger partial charge on any atom is 0.407 e. The minimum atomic E-state index is -1.01. The third-order valence-corrected chi connectivity index (χ3v) is 4.21. The van der Waals surface area contributed by atoms with Gasteiger partial charge in [-0.1, -0.05) is 11.6 Å². The van der Waals surface area contributed by atoms with Crippen molar-refractivity contribution in [3.05, 3.63) is 35.9 Å². The number of carbonyl (C=O) groups is 2. The average molecular weight is 350 g/mol. The van der Waals surface area contributed by atoms with Gasteiger partial charge in [0, 0.05) is 25.8 Å². The van der Waals surface area contributed by atoms with E-state index in [-0.39, 0.29) is 30.1 Å². The fourth-order valence-corrected chi connectivity index (χ4v) is 2.83. The molecule has 0 bridgehead atoms. The SMILES string of the molecule is CCN(C(=O)C1CN(C(=O)O)C1)c1cn(-c2cccnc2)nc1Cl. The number of carbonyl (C=O) groups excluding carboxylic acids is 1. The van der Waals surface area contributed by atoms with Crippen molar-refractivity contribution in [3.63, 3.8) is 0 Å². The third kappa shape index (κ3) is 2.92. The third-order valence-electron chi connectivity index (χ3n) is 3.94. The Bertz CT molecular complexity index is 758. The van der Waals surface area contributed by atoms with Gasteiger partial charge in [0.1, 0.15) is 5.69 Å². The number of hydrogen-bond acceptors (Lipinski definition) is 4. The second-order valence-electron chi connectivity index (χ2n) is 5.43. The van der Waals surface area contributed by atoms with Crippen molar-refractivity contribution in [2.24, 2.45) is 5.92 Å². The van der Waals surface area contributed by atoms with Crippen molar-refractivity contribution >= 4 is 29.3 Å². The molecule has 1 N–H and O–H groups in total. The molecule has 0 aromatic carbocycles. The Labute approximate surface area is 143 Å². The first-order valence-electron chi connectivity index (χ1n) is 7.46. The fraction of sp³-hybridized carbons (Fsp3) is 0.333. The van der Waals surface area contributed by atoms with E-state index in [1.54, 1.807) is 29.3 Å². The quantitative estimate of drug-likeness (QED) is 0.910. The van der Waals surface area contributed by atoms with Gasteiger partial charge < -0.3 is 14.9 Å². The highest BCUT2D eigenvalue weighted by Crippen LogP contribution is 2.29. The van der Waals surface area contributed by atoms with Gasteiger partial charge in [0.25, 0.3) is 0 Å². The molecule has 1 saturated heterocycles. The van der Waals surface area contributed by atoms with Crippen molar-refractivity contribution in [1.29, 1.82) is 0 Å². The summed E-state index contributed by atoms with van der Waals surface area (Å²) < 4.78 is 1.56. The van der Waals surface area contributed by atoms with Crippen LogP contribution in [0.4, 0.5) is 10.5 Å².